The van der Waals surface area contributed by atoms with Gasteiger partial charge in [-0.25, -0.2) is 9.98 Å². The fraction of sp³-hybridized carbons (Fsp3) is 0.0213. The number of fused-ring (bicyclic) bond motifs is 8. The first kappa shape index (κ1) is 28.8. The monoisotopic (exact) mass is 667 g/mol. The fourth-order valence-corrected chi connectivity index (χ4v) is 7.74. The lowest BCUT2D eigenvalue weighted by Crippen LogP contribution is -2.33. The summed E-state index contributed by atoms with van der Waals surface area (Å²) in [6.45, 7) is 0. The van der Waals surface area contributed by atoms with Gasteiger partial charge in [0.15, 0.2) is 5.84 Å². The zero-order valence-electron chi connectivity index (χ0n) is 27.9. The predicted molar refractivity (Wildman–Crippen MR) is 213 cm³/mol. The van der Waals surface area contributed by atoms with E-state index in [0.29, 0.717) is 5.84 Å². The summed E-state index contributed by atoms with van der Waals surface area (Å²) in [6.07, 6.45) is -0.359. The average Bonchev–Trinajstić information content (AvgIpc) is 3.78. The Bertz CT molecular complexity index is 3130. The van der Waals surface area contributed by atoms with E-state index in [9.17, 15) is 0 Å². The van der Waals surface area contributed by atoms with E-state index in [4.69, 9.17) is 18.8 Å². The van der Waals surface area contributed by atoms with Crippen LogP contribution in [0.15, 0.2) is 183 Å². The molecule has 2 aromatic heterocycles. The van der Waals surface area contributed by atoms with E-state index in [1.165, 1.54) is 16.2 Å². The van der Waals surface area contributed by atoms with Crippen LogP contribution in [0.1, 0.15) is 22.9 Å². The molecule has 1 aliphatic rings. The molecule has 1 aliphatic heterocycles. The largest absolute Gasteiger partial charge is 0.456 e. The van der Waals surface area contributed by atoms with Crippen molar-refractivity contribution in [3.63, 3.8) is 0 Å². The highest BCUT2D eigenvalue weighted by Crippen LogP contribution is 2.40. The number of benzene rings is 8. The number of amidine groups is 2. The molecule has 0 saturated carbocycles. The van der Waals surface area contributed by atoms with Crippen LogP contribution in [0.25, 0.3) is 76.5 Å². The van der Waals surface area contributed by atoms with Crippen molar-refractivity contribution in [3.05, 3.63) is 180 Å². The number of aliphatic imine (C=N–C) groups is 2. The van der Waals surface area contributed by atoms with Crippen LogP contribution < -0.4 is 5.32 Å². The normalized spacial score (nSPS) is 14.7. The smallest absolute Gasteiger partial charge is 0.159 e. The number of hydrogen-bond acceptors (Lipinski definition) is 5. The first-order chi connectivity index (χ1) is 25.7. The van der Waals surface area contributed by atoms with Crippen molar-refractivity contribution < 1.29 is 8.83 Å². The van der Waals surface area contributed by atoms with Crippen LogP contribution in [0.2, 0.25) is 0 Å². The topological polar surface area (TPSA) is 63.0 Å². The molecule has 0 bridgehead atoms. The lowest BCUT2D eigenvalue weighted by Gasteiger charge is -2.24. The highest BCUT2D eigenvalue weighted by molar-refractivity contribution is 6.24. The Morgan fingerprint density at radius 2 is 1.10 bits per heavy atom. The van der Waals surface area contributed by atoms with Gasteiger partial charge in [0.25, 0.3) is 0 Å². The fourth-order valence-electron chi connectivity index (χ4n) is 7.74. The van der Waals surface area contributed by atoms with Gasteiger partial charge in [-0.3, -0.25) is 0 Å². The molecule has 52 heavy (non-hydrogen) atoms. The van der Waals surface area contributed by atoms with E-state index in [1.807, 2.05) is 30.3 Å². The summed E-state index contributed by atoms with van der Waals surface area (Å²) < 4.78 is 13.0. The first-order valence-electron chi connectivity index (χ1n) is 17.5. The van der Waals surface area contributed by atoms with E-state index in [1.54, 1.807) is 0 Å². The molecule has 244 valence electrons. The van der Waals surface area contributed by atoms with Gasteiger partial charge in [0.05, 0.1) is 0 Å². The van der Waals surface area contributed by atoms with Crippen LogP contribution in [0.3, 0.4) is 0 Å². The number of hydrogen-bond donors (Lipinski definition) is 1. The Hall–Kier alpha value is -6.98. The molecule has 1 N–H and O–H groups in total. The third-order valence-corrected chi connectivity index (χ3v) is 10.3. The van der Waals surface area contributed by atoms with Crippen molar-refractivity contribution in [2.24, 2.45) is 9.98 Å². The minimum absolute atomic E-state index is 0.359. The quantitative estimate of drug-likeness (QED) is 0.203. The molecule has 5 nitrogen and oxygen atoms in total. The Morgan fingerprint density at radius 1 is 0.462 bits per heavy atom. The summed E-state index contributed by atoms with van der Waals surface area (Å²) in [4.78, 5) is 10.5. The summed E-state index contributed by atoms with van der Waals surface area (Å²) in [6, 6.07) is 56.9. The zero-order chi connectivity index (χ0) is 34.2. The van der Waals surface area contributed by atoms with Crippen LogP contribution in [0, 0.1) is 0 Å². The molecular formula is C47H29N3O2. The average molecular weight is 668 g/mol. The van der Waals surface area contributed by atoms with E-state index >= 15 is 0 Å². The van der Waals surface area contributed by atoms with Crippen molar-refractivity contribution in [3.8, 4) is 11.1 Å². The van der Waals surface area contributed by atoms with Crippen molar-refractivity contribution in [1.82, 2.24) is 5.32 Å². The molecule has 0 amide bonds. The van der Waals surface area contributed by atoms with Crippen molar-refractivity contribution in [2.45, 2.75) is 6.17 Å². The standard InChI is InChI=1S/C47H29N3O2/c1-3-11-30-25-33(19-17-28(30)9-1)45-48-46(34-20-18-29-10-2-4-12-31(29)26-34)50-47(49-45)39-24-23-35(44-43(39)38-14-6-8-16-41(38)52-44)32-21-22-37-36-13-5-7-15-40(36)51-42(37)27-32/h1-27,45H,(H,48,49,50). The Kier molecular flexibility index (Phi) is 6.25. The summed E-state index contributed by atoms with van der Waals surface area (Å²) >= 11 is 0. The molecule has 5 heteroatoms. The number of nitrogens with zero attached hydrogens (tertiary/aromatic N) is 2. The molecule has 1 unspecified atom stereocenters. The SMILES string of the molecule is c1ccc2cc(C3=NC(c4ccc5ccccc5c4)NC(c4ccc(-c5ccc6c(c5)oc5ccccc56)c5oc6ccccc6c45)=N3)ccc2c1. The molecular weight excluding hydrogens is 639 g/mol. The predicted octanol–water partition coefficient (Wildman–Crippen LogP) is 12.0. The molecule has 0 aliphatic carbocycles. The van der Waals surface area contributed by atoms with E-state index in [0.717, 1.165) is 82.9 Å². The van der Waals surface area contributed by atoms with E-state index in [2.05, 4.69) is 139 Å². The summed E-state index contributed by atoms with van der Waals surface area (Å²) in [5.74, 6) is 1.42. The first-order valence-corrected chi connectivity index (χ1v) is 17.5. The summed E-state index contributed by atoms with van der Waals surface area (Å²) in [5, 5.41) is 12.7. The minimum Gasteiger partial charge on any atom is -0.456 e. The third-order valence-electron chi connectivity index (χ3n) is 10.3. The molecule has 11 rings (SSSR count). The molecule has 0 radical (unpaired) electrons. The van der Waals surface area contributed by atoms with Crippen molar-refractivity contribution in [1.29, 1.82) is 0 Å². The van der Waals surface area contributed by atoms with Crippen LogP contribution in [0.4, 0.5) is 0 Å². The number of rotatable bonds is 4. The van der Waals surface area contributed by atoms with Gasteiger partial charge >= 0.3 is 0 Å². The third kappa shape index (κ3) is 4.56. The maximum atomic E-state index is 6.72. The molecule has 0 saturated heterocycles. The van der Waals surface area contributed by atoms with Gasteiger partial charge in [-0.05, 0) is 81.2 Å². The van der Waals surface area contributed by atoms with E-state index in [-0.39, 0.29) is 6.17 Å². The Balaban J connectivity index is 1.11. The number of furan rings is 2. The molecule has 0 fully saturated rings. The maximum Gasteiger partial charge on any atom is 0.159 e. The Morgan fingerprint density at radius 3 is 1.92 bits per heavy atom. The molecule has 1 atom stereocenters. The van der Waals surface area contributed by atoms with Crippen LogP contribution >= 0.6 is 0 Å². The number of para-hydroxylation sites is 2. The Labute approximate surface area is 298 Å². The van der Waals surface area contributed by atoms with Gasteiger partial charge in [-0.2, -0.15) is 0 Å². The second-order valence-electron chi connectivity index (χ2n) is 13.4. The van der Waals surface area contributed by atoms with E-state index < -0.39 is 0 Å². The van der Waals surface area contributed by atoms with Crippen molar-refractivity contribution >= 4 is 77.1 Å². The molecule has 8 aromatic carbocycles. The van der Waals surface area contributed by atoms with Crippen molar-refractivity contribution in [2.75, 3.05) is 0 Å². The lowest BCUT2D eigenvalue weighted by molar-refractivity contribution is 0.667. The van der Waals surface area contributed by atoms with Gasteiger partial charge in [-0.1, -0.05) is 115 Å². The highest BCUT2D eigenvalue weighted by Gasteiger charge is 2.26. The second kappa shape index (κ2) is 11.3. The summed E-state index contributed by atoms with van der Waals surface area (Å²) in [5.41, 5.74) is 8.34. The molecule has 0 spiro atoms. The van der Waals surface area contributed by atoms with Gasteiger partial charge in [0, 0.05) is 38.2 Å². The minimum atomic E-state index is -0.359. The van der Waals surface area contributed by atoms with Gasteiger partial charge in [-0.15, -0.1) is 0 Å². The van der Waals surface area contributed by atoms with Crippen LogP contribution in [0.5, 0.6) is 0 Å². The van der Waals surface area contributed by atoms with Gasteiger partial charge < -0.3 is 14.2 Å². The number of nitrogens with one attached hydrogen (secondary N) is 1. The lowest BCUT2D eigenvalue weighted by atomic mass is 9.96. The van der Waals surface area contributed by atoms with Gasteiger partial charge in [0.1, 0.15) is 34.3 Å². The second-order valence-corrected chi connectivity index (χ2v) is 13.4. The molecule has 3 heterocycles. The highest BCUT2D eigenvalue weighted by atomic mass is 16.3. The van der Waals surface area contributed by atoms with Gasteiger partial charge in [0.2, 0.25) is 0 Å². The van der Waals surface area contributed by atoms with Crippen LogP contribution in [-0.4, -0.2) is 11.7 Å². The zero-order valence-corrected chi connectivity index (χ0v) is 27.9. The summed E-state index contributed by atoms with van der Waals surface area (Å²) in [7, 11) is 0. The molecule has 10 aromatic rings. The maximum absolute atomic E-state index is 6.72. The van der Waals surface area contributed by atoms with Crippen LogP contribution in [-0.2, 0) is 0 Å².